The third kappa shape index (κ3) is 4.98. The Hall–Kier alpha value is -2.06. The van der Waals surface area contributed by atoms with E-state index in [1.165, 1.54) is 0 Å². The van der Waals surface area contributed by atoms with Gasteiger partial charge in [0, 0.05) is 0 Å². The van der Waals surface area contributed by atoms with E-state index in [1.807, 2.05) is 6.07 Å². The number of hydrogen-bond acceptors (Lipinski definition) is 4. The Morgan fingerprint density at radius 2 is 2.00 bits per heavy atom. The molecule has 0 radical (unpaired) electrons. The third-order valence-corrected chi connectivity index (χ3v) is 2.32. The molecule has 2 N–H and O–H groups in total. The summed E-state index contributed by atoms with van der Waals surface area (Å²) in [6.07, 6.45) is -0.587. The van der Waals surface area contributed by atoms with Crippen LogP contribution in [0, 0.1) is 11.3 Å². The number of carbonyl (C=O) groups excluding carboxylic acids is 1. The van der Waals surface area contributed by atoms with Crippen LogP contribution in [0.25, 0.3) is 0 Å². The molecule has 5 heteroatoms. The first-order valence-corrected chi connectivity index (χ1v) is 5.96. The van der Waals surface area contributed by atoms with Gasteiger partial charge in [-0.1, -0.05) is 12.1 Å². The molecule has 0 unspecified atom stereocenters. The van der Waals surface area contributed by atoms with E-state index in [0.717, 1.165) is 0 Å². The quantitative estimate of drug-likeness (QED) is 0.874. The van der Waals surface area contributed by atoms with Crippen LogP contribution in [0.4, 0.5) is 4.79 Å². The number of amides is 1. The average molecular weight is 262 g/mol. The van der Waals surface area contributed by atoms with Crippen LogP contribution in [-0.4, -0.2) is 23.4 Å². The summed E-state index contributed by atoms with van der Waals surface area (Å²) in [5.41, 5.74) is 0.652. The van der Waals surface area contributed by atoms with Gasteiger partial charge < -0.3 is 15.2 Å². The lowest BCUT2D eigenvalue weighted by atomic mass is 10.1. The molecule has 102 valence electrons. The van der Waals surface area contributed by atoms with Gasteiger partial charge in [-0.2, -0.15) is 5.26 Å². The van der Waals surface area contributed by atoms with Crippen LogP contribution in [0.2, 0.25) is 0 Å². The van der Waals surface area contributed by atoms with Gasteiger partial charge in [0.15, 0.2) is 0 Å². The normalized spacial score (nSPS) is 12.4. The zero-order valence-electron chi connectivity index (χ0n) is 11.3. The second-order valence-electron chi connectivity index (χ2n) is 5.12. The number of nitrogens with one attached hydrogen (secondary N) is 1. The van der Waals surface area contributed by atoms with Crippen LogP contribution in [-0.2, 0) is 4.74 Å². The first-order chi connectivity index (χ1) is 8.85. The number of nitriles is 1. The minimum atomic E-state index is -0.589. The van der Waals surface area contributed by atoms with Crippen molar-refractivity contribution < 1.29 is 14.6 Å². The molecular weight excluding hydrogens is 244 g/mol. The molecule has 1 amide bonds. The number of rotatable bonds is 3. The summed E-state index contributed by atoms with van der Waals surface area (Å²) >= 11 is 0. The minimum Gasteiger partial charge on any atom is -0.444 e. The van der Waals surface area contributed by atoms with Crippen LogP contribution in [0.5, 0.6) is 0 Å². The maximum absolute atomic E-state index is 11.6. The number of aliphatic hydroxyl groups is 1. The molecule has 0 fully saturated rings. The highest BCUT2D eigenvalue weighted by Crippen LogP contribution is 2.15. The van der Waals surface area contributed by atoms with Crippen LogP contribution < -0.4 is 5.32 Å². The predicted octanol–water partition coefficient (Wildman–Crippen LogP) is 2.12. The molecule has 5 nitrogen and oxygen atoms in total. The molecule has 0 bridgehead atoms. The SMILES string of the molecule is CC(C)(C)OC(=O)N[C@@H](CO)c1ccc(C#N)cc1. The third-order valence-electron chi connectivity index (χ3n) is 2.32. The molecule has 0 aliphatic carbocycles. The zero-order chi connectivity index (χ0) is 14.5. The molecule has 19 heavy (non-hydrogen) atoms. The highest BCUT2D eigenvalue weighted by atomic mass is 16.6. The Morgan fingerprint density at radius 1 is 1.42 bits per heavy atom. The van der Waals surface area contributed by atoms with Crippen molar-refractivity contribution in [3.63, 3.8) is 0 Å². The standard InChI is InChI=1S/C14H18N2O3/c1-14(2,3)19-13(18)16-12(9-17)11-6-4-10(8-15)5-7-11/h4-7,12,17H,9H2,1-3H3,(H,16,18)/t12-/m0/s1. The summed E-state index contributed by atoms with van der Waals surface area (Å²) in [6.45, 7) is 5.05. The van der Waals surface area contributed by atoms with Crippen molar-refractivity contribution in [2.75, 3.05) is 6.61 Å². The fourth-order valence-corrected chi connectivity index (χ4v) is 1.47. The van der Waals surface area contributed by atoms with E-state index >= 15 is 0 Å². The van der Waals surface area contributed by atoms with E-state index in [-0.39, 0.29) is 6.61 Å². The molecule has 0 aliphatic rings. The predicted molar refractivity (Wildman–Crippen MR) is 70.4 cm³/mol. The van der Waals surface area contributed by atoms with Crippen molar-refractivity contribution in [1.29, 1.82) is 5.26 Å². The summed E-state index contributed by atoms with van der Waals surface area (Å²) in [7, 11) is 0. The van der Waals surface area contributed by atoms with Crippen molar-refractivity contribution in [3.05, 3.63) is 35.4 Å². The summed E-state index contributed by atoms with van der Waals surface area (Å²) in [5, 5.41) is 20.6. The number of aliphatic hydroxyl groups excluding tert-OH is 1. The van der Waals surface area contributed by atoms with Crippen LogP contribution in [0.3, 0.4) is 0 Å². The van der Waals surface area contributed by atoms with Crippen molar-refractivity contribution in [1.82, 2.24) is 5.32 Å². The van der Waals surface area contributed by atoms with Crippen molar-refractivity contribution in [2.24, 2.45) is 0 Å². The van der Waals surface area contributed by atoms with Gasteiger partial charge in [-0.3, -0.25) is 0 Å². The molecule has 0 saturated carbocycles. The Labute approximate surface area is 112 Å². The highest BCUT2D eigenvalue weighted by molar-refractivity contribution is 5.68. The van der Waals surface area contributed by atoms with Gasteiger partial charge in [-0.25, -0.2) is 4.79 Å². The highest BCUT2D eigenvalue weighted by Gasteiger charge is 2.20. The van der Waals surface area contributed by atoms with E-state index < -0.39 is 17.7 Å². The first-order valence-electron chi connectivity index (χ1n) is 5.96. The summed E-state index contributed by atoms with van der Waals surface area (Å²) < 4.78 is 5.12. The maximum atomic E-state index is 11.6. The van der Waals surface area contributed by atoms with Crippen molar-refractivity contribution >= 4 is 6.09 Å². The lowest BCUT2D eigenvalue weighted by Gasteiger charge is -2.23. The van der Waals surface area contributed by atoms with Crippen LogP contribution in [0.1, 0.15) is 37.9 Å². The molecule has 1 aromatic rings. The van der Waals surface area contributed by atoms with E-state index in [1.54, 1.807) is 45.0 Å². The van der Waals surface area contributed by atoms with Gasteiger partial charge in [-0.05, 0) is 38.5 Å². The Balaban J connectivity index is 2.72. The second-order valence-corrected chi connectivity index (χ2v) is 5.12. The van der Waals surface area contributed by atoms with E-state index in [2.05, 4.69) is 5.32 Å². The smallest absolute Gasteiger partial charge is 0.408 e. The molecule has 0 spiro atoms. The number of hydrogen-bond donors (Lipinski definition) is 2. The van der Waals surface area contributed by atoms with E-state index in [4.69, 9.17) is 10.00 Å². The number of alkyl carbamates (subject to hydrolysis) is 1. The fourth-order valence-electron chi connectivity index (χ4n) is 1.47. The Morgan fingerprint density at radius 3 is 2.42 bits per heavy atom. The van der Waals surface area contributed by atoms with E-state index in [0.29, 0.717) is 11.1 Å². The summed E-state index contributed by atoms with van der Waals surface area (Å²) in [5.74, 6) is 0. The molecule has 0 aromatic heterocycles. The first kappa shape index (κ1) is 15.0. The number of benzene rings is 1. The van der Waals surface area contributed by atoms with Gasteiger partial charge in [0.1, 0.15) is 5.60 Å². The van der Waals surface area contributed by atoms with Gasteiger partial charge in [-0.15, -0.1) is 0 Å². The van der Waals surface area contributed by atoms with Gasteiger partial charge >= 0.3 is 6.09 Å². The number of ether oxygens (including phenoxy) is 1. The number of carbonyl (C=O) groups is 1. The molecule has 0 aliphatic heterocycles. The topological polar surface area (TPSA) is 82.3 Å². The van der Waals surface area contributed by atoms with Gasteiger partial charge in [0.2, 0.25) is 0 Å². The lowest BCUT2D eigenvalue weighted by Crippen LogP contribution is -2.36. The molecular formula is C14H18N2O3. The molecule has 0 saturated heterocycles. The monoisotopic (exact) mass is 262 g/mol. The molecule has 1 rings (SSSR count). The molecule has 1 atom stereocenters. The maximum Gasteiger partial charge on any atom is 0.408 e. The fraction of sp³-hybridized carbons (Fsp3) is 0.429. The lowest BCUT2D eigenvalue weighted by molar-refractivity contribution is 0.0482. The van der Waals surface area contributed by atoms with Crippen molar-refractivity contribution in [2.45, 2.75) is 32.4 Å². The summed E-state index contributed by atoms with van der Waals surface area (Å²) in [6, 6.07) is 8.11. The Bertz CT molecular complexity index is 469. The zero-order valence-corrected chi connectivity index (χ0v) is 11.3. The Kier molecular flexibility index (Phi) is 4.90. The van der Waals surface area contributed by atoms with E-state index in [9.17, 15) is 9.90 Å². The van der Waals surface area contributed by atoms with Crippen LogP contribution in [0.15, 0.2) is 24.3 Å². The molecule has 1 aromatic carbocycles. The van der Waals surface area contributed by atoms with Crippen molar-refractivity contribution in [3.8, 4) is 6.07 Å². The van der Waals surface area contributed by atoms with Gasteiger partial charge in [0.05, 0.1) is 24.3 Å². The minimum absolute atomic E-state index is 0.245. The average Bonchev–Trinajstić information content (AvgIpc) is 2.34. The van der Waals surface area contributed by atoms with Crippen LogP contribution >= 0.6 is 0 Å². The largest absolute Gasteiger partial charge is 0.444 e. The van der Waals surface area contributed by atoms with Gasteiger partial charge in [0.25, 0.3) is 0 Å². The second kappa shape index (κ2) is 6.21. The molecule has 0 heterocycles. The summed E-state index contributed by atoms with van der Waals surface area (Å²) in [4.78, 5) is 11.6. The number of nitrogens with zero attached hydrogens (tertiary/aromatic N) is 1.